The van der Waals surface area contributed by atoms with Gasteiger partial charge in [-0.2, -0.15) is 0 Å². The summed E-state index contributed by atoms with van der Waals surface area (Å²) in [5.74, 6) is 1.86. The second-order valence-electron chi connectivity index (χ2n) is 15.8. The number of allylic oxidation sites excluding steroid dienone is 7. The molecule has 0 bridgehead atoms. The molecule has 1 saturated carbocycles. The third kappa shape index (κ3) is 4.56. The van der Waals surface area contributed by atoms with Crippen LogP contribution in [0, 0.1) is 0 Å². The molecule has 1 fully saturated rings. The van der Waals surface area contributed by atoms with Gasteiger partial charge in [-0.3, -0.25) is 0 Å². The highest BCUT2D eigenvalue weighted by Crippen LogP contribution is 2.55. The van der Waals surface area contributed by atoms with E-state index in [1.54, 1.807) is 5.56 Å². The van der Waals surface area contributed by atoms with E-state index in [0.717, 1.165) is 32.1 Å². The van der Waals surface area contributed by atoms with Gasteiger partial charge in [0.05, 0.1) is 5.52 Å². The number of rotatable bonds is 4. The van der Waals surface area contributed by atoms with Crippen molar-refractivity contribution in [2.45, 2.75) is 87.5 Å². The van der Waals surface area contributed by atoms with Crippen molar-refractivity contribution in [2.24, 2.45) is 0 Å². The minimum atomic E-state index is 0.318. The largest absolute Gasteiger partial charge is 0.358 e. The van der Waals surface area contributed by atoms with Gasteiger partial charge < -0.3 is 14.8 Å². The van der Waals surface area contributed by atoms with Crippen molar-refractivity contribution in [2.75, 3.05) is 10.2 Å². The highest BCUT2D eigenvalue weighted by molar-refractivity contribution is 5.95. The lowest BCUT2D eigenvalue weighted by atomic mass is 9.77. The zero-order valence-electron chi connectivity index (χ0n) is 29.3. The van der Waals surface area contributed by atoms with Crippen molar-refractivity contribution in [3.05, 3.63) is 161 Å². The van der Waals surface area contributed by atoms with Crippen LogP contribution in [0.1, 0.15) is 109 Å². The molecule has 6 aliphatic rings. The molecule has 1 aromatic heterocycles. The molecule has 4 unspecified atom stereocenters. The first kappa shape index (κ1) is 29.7. The fourth-order valence-corrected chi connectivity index (χ4v) is 10.9. The van der Waals surface area contributed by atoms with Crippen LogP contribution in [0.2, 0.25) is 0 Å². The van der Waals surface area contributed by atoms with E-state index in [2.05, 4.69) is 142 Å². The van der Waals surface area contributed by atoms with Crippen molar-refractivity contribution >= 4 is 39.7 Å². The Morgan fingerprint density at radius 3 is 2.49 bits per heavy atom. The third-order valence-electron chi connectivity index (χ3n) is 13.2. The Hall–Kier alpha value is -5.02. The maximum absolute atomic E-state index is 3.87. The Bertz CT molecular complexity index is 2330. The van der Waals surface area contributed by atoms with Gasteiger partial charge in [0.1, 0.15) is 0 Å². The summed E-state index contributed by atoms with van der Waals surface area (Å²) >= 11 is 0. The summed E-state index contributed by atoms with van der Waals surface area (Å²) in [6.45, 7) is 0. The second-order valence-corrected chi connectivity index (χ2v) is 15.8. The molecule has 252 valence electrons. The summed E-state index contributed by atoms with van der Waals surface area (Å²) in [5, 5.41) is 5.24. The zero-order valence-corrected chi connectivity index (χ0v) is 29.3. The first-order valence-electron chi connectivity index (χ1n) is 19.6. The standard InChI is InChI=1S/C48H45N3/c1-7-19-43(50-45-21-9-3-15-35(45)36-16-4-10-22-46(36)50)33(13-1)31-25-27-41-39(29-31)40-30-32(26-28-42(40)49-41)34-14-2-8-20-44(34)51-47-23-11-5-17-37(47)38-18-6-12-24-48(38)51/h1-5,7-9,11,14-17,19-21,23,25,27-29,32-33,38,40,48-49H,6,10,12-13,18,22,24,26,30H2/t32?,33?,38?,40?,48-/m0/s1. The highest BCUT2D eigenvalue weighted by Gasteiger charge is 2.42. The average molecular weight is 664 g/mol. The summed E-state index contributed by atoms with van der Waals surface area (Å²) < 4.78 is 2.61. The second kappa shape index (κ2) is 11.8. The van der Waals surface area contributed by atoms with Crippen LogP contribution in [0.5, 0.6) is 0 Å². The number of hydrogen-bond acceptors (Lipinski definition) is 2. The molecular formula is C48H45N3. The van der Waals surface area contributed by atoms with Gasteiger partial charge in [-0.1, -0.05) is 110 Å². The lowest BCUT2D eigenvalue weighted by molar-refractivity contribution is 0.401. The fourth-order valence-electron chi connectivity index (χ4n) is 10.9. The predicted octanol–water partition coefficient (Wildman–Crippen LogP) is 12.3. The number of nitrogens with one attached hydrogen (secondary N) is 1. The van der Waals surface area contributed by atoms with Crippen molar-refractivity contribution < 1.29 is 0 Å². The molecule has 3 heteroatoms. The number of hydrogen-bond donors (Lipinski definition) is 1. The molecule has 11 rings (SSSR count). The molecule has 0 spiro atoms. The fraction of sp³-hybridized carbons (Fsp3) is 0.292. The van der Waals surface area contributed by atoms with Gasteiger partial charge >= 0.3 is 0 Å². The summed E-state index contributed by atoms with van der Waals surface area (Å²) in [4.78, 5) is 2.76. The molecule has 5 aromatic rings. The van der Waals surface area contributed by atoms with Crippen molar-refractivity contribution in [3.63, 3.8) is 0 Å². The maximum atomic E-state index is 3.87. The Labute approximate surface area is 301 Å². The first-order chi connectivity index (χ1) is 25.3. The van der Waals surface area contributed by atoms with Crippen molar-refractivity contribution in [3.8, 4) is 0 Å². The van der Waals surface area contributed by atoms with Crippen LogP contribution in [0.25, 0.3) is 22.7 Å². The van der Waals surface area contributed by atoms with E-state index in [4.69, 9.17) is 0 Å². The Morgan fingerprint density at radius 2 is 1.55 bits per heavy atom. The van der Waals surface area contributed by atoms with Gasteiger partial charge in [0.15, 0.2) is 0 Å². The Balaban J connectivity index is 0.942. The normalized spacial score (nSPS) is 25.7. The third-order valence-corrected chi connectivity index (χ3v) is 13.2. The van der Waals surface area contributed by atoms with Crippen LogP contribution in [0.3, 0.4) is 0 Å². The lowest BCUT2D eigenvalue weighted by Gasteiger charge is -2.36. The summed E-state index contributed by atoms with van der Waals surface area (Å²) in [6.07, 6.45) is 25.0. The van der Waals surface area contributed by atoms with Crippen LogP contribution in [0.4, 0.5) is 17.1 Å². The molecule has 2 aliphatic heterocycles. The minimum Gasteiger partial charge on any atom is -0.358 e. The van der Waals surface area contributed by atoms with Crippen molar-refractivity contribution in [1.29, 1.82) is 0 Å². The number of para-hydroxylation sites is 3. The minimum absolute atomic E-state index is 0.318. The number of benzene rings is 4. The van der Waals surface area contributed by atoms with E-state index in [1.165, 1.54) is 93.0 Å². The average Bonchev–Trinajstić information content (AvgIpc) is 3.85. The van der Waals surface area contributed by atoms with Gasteiger partial charge in [0.25, 0.3) is 0 Å². The number of nitrogens with zero attached hydrogens (tertiary/aromatic N) is 2. The van der Waals surface area contributed by atoms with E-state index in [9.17, 15) is 0 Å². The molecule has 4 aliphatic carbocycles. The molecule has 0 radical (unpaired) electrons. The highest BCUT2D eigenvalue weighted by atomic mass is 15.2. The Kier molecular flexibility index (Phi) is 6.85. The number of anilines is 3. The van der Waals surface area contributed by atoms with Gasteiger partial charge in [-0.15, -0.1) is 0 Å². The monoisotopic (exact) mass is 663 g/mol. The quantitative estimate of drug-likeness (QED) is 0.206. The van der Waals surface area contributed by atoms with Gasteiger partial charge in [-0.25, -0.2) is 0 Å². The van der Waals surface area contributed by atoms with E-state index in [0.29, 0.717) is 29.7 Å². The van der Waals surface area contributed by atoms with Crippen LogP contribution < -0.4 is 10.2 Å². The van der Waals surface area contributed by atoms with Crippen LogP contribution in [-0.4, -0.2) is 10.6 Å². The van der Waals surface area contributed by atoms with Gasteiger partial charge in [0, 0.05) is 68.9 Å². The Morgan fingerprint density at radius 1 is 0.725 bits per heavy atom. The van der Waals surface area contributed by atoms with E-state index >= 15 is 0 Å². The molecule has 0 amide bonds. The predicted molar refractivity (Wildman–Crippen MR) is 213 cm³/mol. The zero-order chi connectivity index (χ0) is 33.5. The topological polar surface area (TPSA) is 20.2 Å². The summed E-state index contributed by atoms with van der Waals surface area (Å²) in [6, 6.07) is 35.6. The molecule has 5 atom stereocenters. The van der Waals surface area contributed by atoms with Crippen LogP contribution in [-0.2, 0) is 6.42 Å². The number of fused-ring (bicyclic) bond motifs is 9. The molecule has 3 heterocycles. The molecule has 4 aromatic carbocycles. The number of aromatic nitrogens is 1. The van der Waals surface area contributed by atoms with Gasteiger partial charge in [0.2, 0.25) is 0 Å². The maximum Gasteiger partial charge on any atom is 0.0534 e. The molecule has 0 saturated heterocycles. The van der Waals surface area contributed by atoms with E-state index in [-0.39, 0.29) is 0 Å². The van der Waals surface area contributed by atoms with Crippen LogP contribution >= 0.6 is 0 Å². The molecule has 51 heavy (non-hydrogen) atoms. The molecule has 3 nitrogen and oxygen atoms in total. The summed E-state index contributed by atoms with van der Waals surface area (Å²) in [5.41, 5.74) is 17.2. The van der Waals surface area contributed by atoms with Crippen molar-refractivity contribution in [1.82, 2.24) is 4.57 Å². The molecular weight excluding hydrogens is 619 g/mol. The SMILES string of the molecule is C1=CCC(c2ccc3c(c2)C2CC(c4ccccc4N4c5ccccc5C5CCCC[C@@H]54)CC=C2N3)C(n2c3c(c4ccccc42)C=CCC3)=C1. The van der Waals surface area contributed by atoms with Gasteiger partial charge in [-0.05, 0) is 103 Å². The lowest BCUT2D eigenvalue weighted by Crippen LogP contribution is -2.33. The smallest absolute Gasteiger partial charge is 0.0534 e. The first-order valence-corrected chi connectivity index (χ1v) is 19.6. The van der Waals surface area contributed by atoms with Crippen LogP contribution in [0.15, 0.2) is 127 Å². The molecule has 1 N–H and O–H groups in total. The summed E-state index contributed by atoms with van der Waals surface area (Å²) in [7, 11) is 0. The van der Waals surface area contributed by atoms with E-state index < -0.39 is 0 Å². The van der Waals surface area contributed by atoms with E-state index in [1.807, 2.05) is 0 Å².